The first-order valence-electron chi connectivity index (χ1n) is 6.13. The molecule has 0 aliphatic heterocycles. The lowest BCUT2D eigenvalue weighted by molar-refractivity contribution is 0.0691. The third kappa shape index (κ3) is 3.14. The van der Waals surface area contributed by atoms with E-state index in [4.69, 9.17) is 14.3 Å². The van der Waals surface area contributed by atoms with E-state index in [0.29, 0.717) is 5.89 Å². The molecule has 106 valence electrons. The summed E-state index contributed by atoms with van der Waals surface area (Å²) >= 11 is 0. The Kier molecular flexibility index (Phi) is 3.74. The van der Waals surface area contributed by atoms with Crippen LogP contribution in [0.4, 0.5) is 0 Å². The molecule has 0 aromatic carbocycles. The number of carboxylic acids is 1. The largest absolute Gasteiger partial charge is 0.481 e. The Labute approximate surface area is 116 Å². The highest BCUT2D eigenvalue weighted by Crippen LogP contribution is 2.23. The van der Waals surface area contributed by atoms with Crippen molar-refractivity contribution < 1.29 is 19.1 Å². The quantitative estimate of drug-likeness (QED) is 0.923. The predicted octanol–water partition coefficient (Wildman–Crippen LogP) is 2.64. The van der Waals surface area contributed by atoms with E-state index in [-0.39, 0.29) is 23.3 Å². The molecule has 0 radical (unpaired) electrons. The van der Waals surface area contributed by atoms with Crippen LogP contribution in [-0.2, 0) is 12.0 Å². The minimum atomic E-state index is -1.06. The Balaban J connectivity index is 2.10. The van der Waals surface area contributed by atoms with Gasteiger partial charge in [0, 0.05) is 11.6 Å². The lowest BCUT2D eigenvalue weighted by Gasteiger charge is -2.13. The molecule has 0 saturated carbocycles. The number of rotatable bonds is 4. The fraction of sp³-hybridized carbons (Fsp3) is 0.357. The van der Waals surface area contributed by atoms with Gasteiger partial charge in [0.1, 0.15) is 11.3 Å². The molecule has 0 atom stereocenters. The molecule has 6 nitrogen and oxygen atoms in total. The molecule has 0 unspecified atom stereocenters. The standard InChI is InChI=1S/C14H16N2O4/c1-14(2,3)11-7-16-12(20-11)8-19-10-6-15-5-4-9(10)13(17)18/h4-7H,8H2,1-3H3,(H,17,18). The zero-order valence-corrected chi connectivity index (χ0v) is 11.6. The van der Waals surface area contributed by atoms with Crippen LogP contribution in [0.25, 0.3) is 0 Å². The average molecular weight is 276 g/mol. The number of oxazole rings is 1. The number of carbonyl (C=O) groups is 1. The van der Waals surface area contributed by atoms with Gasteiger partial charge in [-0.1, -0.05) is 20.8 Å². The first kappa shape index (κ1) is 14.0. The number of nitrogens with zero attached hydrogens (tertiary/aromatic N) is 2. The monoisotopic (exact) mass is 276 g/mol. The molecule has 6 heteroatoms. The Morgan fingerprint density at radius 3 is 2.75 bits per heavy atom. The number of carboxylic acid groups (broad SMARTS) is 1. The molecule has 0 spiro atoms. The van der Waals surface area contributed by atoms with Crippen LogP contribution < -0.4 is 4.74 Å². The van der Waals surface area contributed by atoms with Crippen molar-refractivity contribution in [1.29, 1.82) is 0 Å². The van der Waals surface area contributed by atoms with Gasteiger partial charge in [0.15, 0.2) is 12.4 Å². The molecule has 2 aromatic heterocycles. The highest BCUT2D eigenvalue weighted by atomic mass is 16.5. The Morgan fingerprint density at radius 2 is 2.15 bits per heavy atom. The van der Waals surface area contributed by atoms with Crippen molar-refractivity contribution >= 4 is 5.97 Å². The third-order valence-electron chi connectivity index (χ3n) is 2.66. The third-order valence-corrected chi connectivity index (χ3v) is 2.66. The van der Waals surface area contributed by atoms with Crippen LogP contribution in [0.2, 0.25) is 0 Å². The Hall–Kier alpha value is -2.37. The zero-order chi connectivity index (χ0) is 14.8. The molecule has 0 fully saturated rings. The maximum Gasteiger partial charge on any atom is 0.339 e. The van der Waals surface area contributed by atoms with Gasteiger partial charge in [-0.15, -0.1) is 0 Å². The summed E-state index contributed by atoms with van der Waals surface area (Å²) in [5, 5.41) is 9.03. The zero-order valence-electron chi connectivity index (χ0n) is 11.6. The van der Waals surface area contributed by atoms with E-state index in [0.717, 1.165) is 5.76 Å². The van der Waals surface area contributed by atoms with E-state index < -0.39 is 5.97 Å². The highest BCUT2D eigenvalue weighted by molar-refractivity contribution is 5.90. The molecule has 2 aromatic rings. The van der Waals surface area contributed by atoms with Crippen molar-refractivity contribution in [2.45, 2.75) is 32.8 Å². The minimum Gasteiger partial charge on any atom is -0.481 e. The number of hydrogen-bond acceptors (Lipinski definition) is 5. The van der Waals surface area contributed by atoms with Gasteiger partial charge >= 0.3 is 5.97 Å². The van der Waals surface area contributed by atoms with E-state index in [1.165, 1.54) is 18.5 Å². The summed E-state index contributed by atoms with van der Waals surface area (Å²) in [5.41, 5.74) is -0.0752. The van der Waals surface area contributed by atoms with Crippen LogP contribution in [-0.4, -0.2) is 21.0 Å². The van der Waals surface area contributed by atoms with Gasteiger partial charge in [-0.2, -0.15) is 0 Å². The fourth-order valence-electron chi connectivity index (χ4n) is 1.53. The highest BCUT2D eigenvalue weighted by Gasteiger charge is 2.19. The topological polar surface area (TPSA) is 85.5 Å². The van der Waals surface area contributed by atoms with Crippen molar-refractivity contribution in [3.8, 4) is 5.75 Å². The Bertz CT molecular complexity index is 614. The van der Waals surface area contributed by atoms with Gasteiger partial charge in [0.2, 0.25) is 5.89 Å². The van der Waals surface area contributed by atoms with Gasteiger partial charge in [-0.3, -0.25) is 4.98 Å². The maximum absolute atomic E-state index is 11.0. The smallest absolute Gasteiger partial charge is 0.339 e. The van der Waals surface area contributed by atoms with Crippen LogP contribution >= 0.6 is 0 Å². The Morgan fingerprint density at radius 1 is 1.40 bits per heavy atom. The van der Waals surface area contributed by atoms with E-state index >= 15 is 0 Å². The normalized spacial score (nSPS) is 11.3. The van der Waals surface area contributed by atoms with E-state index in [2.05, 4.69) is 9.97 Å². The first-order valence-corrected chi connectivity index (χ1v) is 6.13. The van der Waals surface area contributed by atoms with Crippen LogP contribution in [0.1, 0.15) is 42.8 Å². The van der Waals surface area contributed by atoms with Crippen LogP contribution in [0.3, 0.4) is 0 Å². The molecule has 0 aliphatic carbocycles. The summed E-state index contributed by atoms with van der Waals surface area (Å²) in [4.78, 5) is 19.0. The molecule has 0 bridgehead atoms. The van der Waals surface area contributed by atoms with Gasteiger partial charge < -0.3 is 14.3 Å². The van der Waals surface area contributed by atoms with Crippen molar-refractivity contribution in [2.75, 3.05) is 0 Å². The maximum atomic E-state index is 11.0. The average Bonchev–Trinajstić information content (AvgIpc) is 2.85. The summed E-state index contributed by atoms with van der Waals surface area (Å²) in [7, 11) is 0. The number of aromatic nitrogens is 2. The molecular weight excluding hydrogens is 260 g/mol. The van der Waals surface area contributed by atoms with Crippen molar-refractivity contribution in [2.24, 2.45) is 0 Å². The van der Waals surface area contributed by atoms with Crippen LogP contribution in [0, 0.1) is 0 Å². The molecule has 2 rings (SSSR count). The summed E-state index contributed by atoms with van der Waals surface area (Å²) in [6.07, 6.45) is 4.41. The van der Waals surface area contributed by atoms with Crippen LogP contribution in [0.5, 0.6) is 5.75 Å². The number of pyridine rings is 1. The molecular formula is C14H16N2O4. The molecule has 0 saturated heterocycles. The summed E-state index contributed by atoms with van der Waals surface area (Å²) < 4.78 is 11.0. The second-order valence-electron chi connectivity index (χ2n) is 5.33. The number of ether oxygens (including phenoxy) is 1. The first-order chi connectivity index (χ1) is 9.38. The van der Waals surface area contributed by atoms with E-state index in [9.17, 15) is 4.79 Å². The van der Waals surface area contributed by atoms with E-state index in [1.807, 2.05) is 20.8 Å². The predicted molar refractivity (Wildman–Crippen MR) is 70.7 cm³/mol. The number of aromatic carboxylic acids is 1. The van der Waals surface area contributed by atoms with E-state index in [1.54, 1.807) is 6.20 Å². The van der Waals surface area contributed by atoms with Gasteiger partial charge in [0.25, 0.3) is 0 Å². The molecule has 0 aliphatic rings. The lowest BCUT2D eigenvalue weighted by atomic mass is 9.94. The summed E-state index contributed by atoms with van der Waals surface area (Å²) in [6, 6.07) is 1.38. The second-order valence-corrected chi connectivity index (χ2v) is 5.33. The van der Waals surface area contributed by atoms with Crippen molar-refractivity contribution in [3.05, 3.63) is 41.9 Å². The fourth-order valence-corrected chi connectivity index (χ4v) is 1.53. The minimum absolute atomic E-state index is 0.0576. The van der Waals surface area contributed by atoms with Crippen LogP contribution in [0.15, 0.2) is 29.1 Å². The lowest BCUT2D eigenvalue weighted by Crippen LogP contribution is -2.09. The SMILES string of the molecule is CC(C)(C)c1cnc(COc2cnccc2C(=O)O)o1. The molecule has 1 N–H and O–H groups in total. The number of hydrogen-bond donors (Lipinski definition) is 1. The summed E-state index contributed by atoms with van der Waals surface area (Å²) in [5.74, 6) is 0.275. The van der Waals surface area contributed by atoms with Crippen molar-refractivity contribution in [1.82, 2.24) is 9.97 Å². The van der Waals surface area contributed by atoms with Gasteiger partial charge in [-0.05, 0) is 6.07 Å². The molecule has 20 heavy (non-hydrogen) atoms. The summed E-state index contributed by atoms with van der Waals surface area (Å²) in [6.45, 7) is 6.10. The molecule has 2 heterocycles. The van der Waals surface area contributed by atoms with Gasteiger partial charge in [0.05, 0.1) is 12.4 Å². The van der Waals surface area contributed by atoms with Crippen molar-refractivity contribution in [3.63, 3.8) is 0 Å². The second kappa shape index (κ2) is 5.32. The molecule has 0 amide bonds. The van der Waals surface area contributed by atoms with Gasteiger partial charge in [-0.25, -0.2) is 9.78 Å².